The maximum Gasteiger partial charge on any atom is 0.0638 e. The summed E-state index contributed by atoms with van der Waals surface area (Å²) in [5, 5.41) is 3.52. The van der Waals surface area contributed by atoms with E-state index in [1.807, 2.05) is 0 Å². The molecule has 0 fully saturated rings. The van der Waals surface area contributed by atoms with Crippen LogP contribution in [0.1, 0.15) is 28.3 Å². The molecule has 0 aromatic heterocycles. The van der Waals surface area contributed by atoms with Gasteiger partial charge in [-0.05, 0) is 49.6 Å². The second kappa shape index (κ2) is 5.89. The number of aryl methyl sites for hydroxylation is 2. The van der Waals surface area contributed by atoms with Crippen molar-refractivity contribution in [1.29, 1.82) is 0 Å². The van der Waals surface area contributed by atoms with E-state index in [1.165, 1.54) is 22.3 Å². The van der Waals surface area contributed by atoms with Gasteiger partial charge in [-0.1, -0.05) is 35.9 Å². The molecule has 1 atom stereocenters. The normalized spacial score (nSPS) is 12.2. The molecule has 2 aromatic carbocycles. The molecule has 100 valence electrons. The van der Waals surface area contributed by atoms with Crippen LogP contribution >= 0.6 is 0 Å². The Morgan fingerprint density at radius 3 is 2.32 bits per heavy atom. The van der Waals surface area contributed by atoms with Crippen molar-refractivity contribution in [3.63, 3.8) is 0 Å². The summed E-state index contributed by atoms with van der Waals surface area (Å²) in [6.07, 6.45) is 0. The zero-order chi connectivity index (χ0) is 13.8. The van der Waals surface area contributed by atoms with E-state index in [1.54, 1.807) is 0 Å². The second-order valence-electron chi connectivity index (χ2n) is 5.09. The molecule has 2 nitrogen and oxygen atoms in total. The minimum absolute atomic E-state index is 0.155. The number of hydrogen-bond acceptors (Lipinski definition) is 2. The molecule has 3 N–H and O–H groups in total. The lowest BCUT2D eigenvalue weighted by molar-refractivity contribution is 0.782. The smallest absolute Gasteiger partial charge is 0.0638 e. The highest BCUT2D eigenvalue weighted by Crippen LogP contribution is 2.23. The van der Waals surface area contributed by atoms with E-state index in [0.717, 1.165) is 5.69 Å². The summed E-state index contributed by atoms with van der Waals surface area (Å²) in [6.45, 7) is 6.97. The molecule has 2 aromatic rings. The van der Waals surface area contributed by atoms with E-state index in [4.69, 9.17) is 5.73 Å². The first-order chi connectivity index (χ1) is 9.11. The lowest BCUT2D eigenvalue weighted by atomic mass is 9.97. The van der Waals surface area contributed by atoms with Gasteiger partial charge in [-0.2, -0.15) is 0 Å². The lowest BCUT2D eigenvalue weighted by Gasteiger charge is -2.21. The van der Waals surface area contributed by atoms with Crippen LogP contribution in [0.3, 0.4) is 0 Å². The van der Waals surface area contributed by atoms with Gasteiger partial charge in [0.05, 0.1) is 6.04 Å². The van der Waals surface area contributed by atoms with Crippen molar-refractivity contribution in [3.8, 4) is 0 Å². The van der Waals surface area contributed by atoms with Gasteiger partial charge in [0.2, 0.25) is 0 Å². The molecule has 0 amide bonds. The predicted octanol–water partition coefficient (Wildman–Crippen LogP) is 3.72. The van der Waals surface area contributed by atoms with E-state index in [2.05, 4.69) is 68.6 Å². The summed E-state index contributed by atoms with van der Waals surface area (Å²) in [5.41, 5.74) is 12.2. The minimum Gasteiger partial charge on any atom is -0.377 e. The van der Waals surface area contributed by atoms with Crippen molar-refractivity contribution in [1.82, 2.24) is 0 Å². The van der Waals surface area contributed by atoms with E-state index in [9.17, 15) is 0 Å². The third-order valence-electron chi connectivity index (χ3n) is 3.65. The fourth-order valence-electron chi connectivity index (χ4n) is 2.27. The van der Waals surface area contributed by atoms with Gasteiger partial charge in [-0.3, -0.25) is 0 Å². The van der Waals surface area contributed by atoms with Crippen LogP contribution in [0, 0.1) is 20.8 Å². The van der Waals surface area contributed by atoms with Gasteiger partial charge in [0.25, 0.3) is 0 Å². The number of rotatable bonds is 4. The molecule has 2 rings (SSSR count). The molecule has 0 spiro atoms. The summed E-state index contributed by atoms with van der Waals surface area (Å²) in [7, 11) is 0. The molecule has 0 bridgehead atoms. The summed E-state index contributed by atoms with van der Waals surface area (Å²) in [6, 6.07) is 15.0. The Morgan fingerprint density at radius 2 is 1.68 bits per heavy atom. The van der Waals surface area contributed by atoms with Gasteiger partial charge in [-0.25, -0.2) is 0 Å². The summed E-state index contributed by atoms with van der Waals surface area (Å²) >= 11 is 0. The number of nitrogens with two attached hydrogens (primary N) is 1. The number of benzene rings is 2. The summed E-state index contributed by atoms with van der Waals surface area (Å²) in [4.78, 5) is 0. The van der Waals surface area contributed by atoms with Crippen molar-refractivity contribution in [2.45, 2.75) is 26.8 Å². The Bertz CT molecular complexity index is 544. The third kappa shape index (κ3) is 3.15. The van der Waals surface area contributed by atoms with Crippen LogP contribution in [0.25, 0.3) is 0 Å². The van der Waals surface area contributed by atoms with Gasteiger partial charge in [0, 0.05) is 12.2 Å². The topological polar surface area (TPSA) is 38.0 Å². The number of nitrogens with one attached hydrogen (secondary N) is 1. The van der Waals surface area contributed by atoms with Crippen molar-refractivity contribution in [3.05, 3.63) is 64.7 Å². The average molecular weight is 254 g/mol. The van der Waals surface area contributed by atoms with E-state index in [0.29, 0.717) is 6.54 Å². The number of anilines is 1. The molecule has 19 heavy (non-hydrogen) atoms. The van der Waals surface area contributed by atoms with E-state index >= 15 is 0 Å². The van der Waals surface area contributed by atoms with Crippen molar-refractivity contribution in [2.24, 2.45) is 5.73 Å². The van der Waals surface area contributed by atoms with Gasteiger partial charge in [0.1, 0.15) is 0 Å². The van der Waals surface area contributed by atoms with Crippen LogP contribution in [-0.2, 0) is 0 Å². The molecule has 0 radical (unpaired) electrons. The maximum atomic E-state index is 5.94. The fourth-order valence-corrected chi connectivity index (χ4v) is 2.27. The van der Waals surface area contributed by atoms with Crippen LogP contribution in [0.4, 0.5) is 5.69 Å². The molecule has 0 aliphatic carbocycles. The maximum absolute atomic E-state index is 5.94. The highest BCUT2D eigenvalue weighted by molar-refractivity contribution is 5.48. The van der Waals surface area contributed by atoms with Gasteiger partial charge >= 0.3 is 0 Å². The first-order valence-corrected chi connectivity index (χ1v) is 6.71. The monoisotopic (exact) mass is 254 g/mol. The Kier molecular flexibility index (Phi) is 4.23. The standard InChI is InChI=1S/C17H22N2/c1-12-7-9-15(10-8-12)19-17(11-18)16-6-4-5-13(2)14(16)3/h4-10,17,19H,11,18H2,1-3H3. The average Bonchev–Trinajstić information content (AvgIpc) is 2.42. The molecular formula is C17H22N2. The molecule has 0 heterocycles. The van der Waals surface area contributed by atoms with Gasteiger partial charge < -0.3 is 11.1 Å². The van der Waals surface area contributed by atoms with E-state index in [-0.39, 0.29) is 6.04 Å². The first kappa shape index (κ1) is 13.6. The van der Waals surface area contributed by atoms with Crippen molar-refractivity contribution in [2.75, 3.05) is 11.9 Å². The second-order valence-corrected chi connectivity index (χ2v) is 5.09. The first-order valence-electron chi connectivity index (χ1n) is 6.71. The molecular weight excluding hydrogens is 232 g/mol. The minimum atomic E-state index is 0.155. The highest BCUT2D eigenvalue weighted by Gasteiger charge is 2.12. The molecule has 0 saturated carbocycles. The number of hydrogen-bond donors (Lipinski definition) is 2. The summed E-state index contributed by atoms with van der Waals surface area (Å²) < 4.78 is 0. The van der Waals surface area contributed by atoms with E-state index < -0.39 is 0 Å². The predicted molar refractivity (Wildman–Crippen MR) is 82.5 cm³/mol. The van der Waals surface area contributed by atoms with Crippen LogP contribution in [0.2, 0.25) is 0 Å². The molecule has 2 heteroatoms. The van der Waals surface area contributed by atoms with Crippen molar-refractivity contribution < 1.29 is 0 Å². The molecule has 1 unspecified atom stereocenters. The highest BCUT2D eigenvalue weighted by atomic mass is 14.9. The zero-order valence-electron chi connectivity index (χ0n) is 11.9. The quantitative estimate of drug-likeness (QED) is 0.872. The molecule has 0 aliphatic rings. The Labute approximate surface area is 115 Å². The third-order valence-corrected chi connectivity index (χ3v) is 3.65. The fraction of sp³-hybridized carbons (Fsp3) is 0.294. The summed E-state index contributed by atoms with van der Waals surface area (Å²) in [5.74, 6) is 0. The molecule has 0 aliphatic heterocycles. The van der Waals surface area contributed by atoms with Crippen LogP contribution in [0.15, 0.2) is 42.5 Å². The Morgan fingerprint density at radius 1 is 1.00 bits per heavy atom. The van der Waals surface area contributed by atoms with Crippen molar-refractivity contribution >= 4 is 5.69 Å². The van der Waals surface area contributed by atoms with Gasteiger partial charge in [-0.15, -0.1) is 0 Å². The van der Waals surface area contributed by atoms with Crippen LogP contribution in [-0.4, -0.2) is 6.54 Å². The SMILES string of the molecule is Cc1ccc(NC(CN)c2cccc(C)c2C)cc1. The largest absolute Gasteiger partial charge is 0.377 e. The molecule has 0 saturated heterocycles. The van der Waals surface area contributed by atoms with Gasteiger partial charge in [0.15, 0.2) is 0 Å². The lowest BCUT2D eigenvalue weighted by Crippen LogP contribution is -2.21. The Balaban J connectivity index is 2.25. The van der Waals surface area contributed by atoms with Crippen LogP contribution < -0.4 is 11.1 Å². The van der Waals surface area contributed by atoms with Crippen LogP contribution in [0.5, 0.6) is 0 Å². The Hall–Kier alpha value is -1.80. The zero-order valence-corrected chi connectivity index (χ0v) is 11.9.